The van der Waals surface area contributed by atoms with Gasteiger partial charge in [0.2, 0.25) is 0 Å². The van der Waals surface area contributed by atoms with E-state index < -0.39 is 0 Å². The summed E-state index contributed by atoms with van der Waals surface area (Å²) in [7, 11) is 0. The van der Waals surface area contributed by atoms with Crippen molar-refractivity contribution in [1.82, 2.24) is 0 Å². The van der Waals surface area contributed by atoms with Crippen molar-refractivity contribution in [2.75, 3.05) is 13.2 Å². The van der Waals surface area contributed by atoms with Crippen LogP contribution in [0.25, 0.3) is 0 Å². The van der Waals surface area contributed by atoms with Crippen molar-refractivity contribution in [3.63, 3.8) is 0 Å². The van der Waals surface area contributed by atoms with Gasteiger partial charge in [0.1, 0.15) is 0 Å². The van der Waals surface area contributed by atoms with Gasteiger partial charge < -0.3 is 9.84 Å². The van der Waals surface area contributed by atoms with Crippen LogP contribution in [-0.2, 0) is 4.74 Å². The van der Waals surface area contributed by atoms with Gasteiger partial charge in [0.25, 0.3) is 0 Å². The zero-order valence-electron chi connectivity index (χ0n) is 11.5. The van der Waals surface area contributed by atoms with Crippen LogP contribution >= 0.6 is 0 Å². The molecule has 2 aliphatic rings. The first kappa shape index (κ1) is 13.4. The third-order valence-corrected chi connectivity index (χ3v) is 4.77. The molecule has 0 bridgehead atoms. The van der Waals surface area contributed by atoms with Crippen LogP contribution in [-0.4, -0.2) is 23.9 Å². The van der Waals surface area contributed by atoms with Crippen LogP contribution in [0.1, 0.15) is 65.2 Å². The maximum Gasteiger partial charge on any atom is 0.0650 e. The highest BCUT2D eigenvalue weighted by Gasteiger charge is 2.35. The summed E-state index contributed by atoms with van der Waals surface area (Å²) in [5, 5.41) is 10.8. The van der Waals surface area contributed by atoms with Crippen LogP contribution in [0, 0.1) is 11.3 Å². The van der Waals surface area contributed by atoms with Crippen LogP contribution < -0.4 is 0 Å². The van der Waals surface area contributed by atoms with Gasteiger partial charge in [-0.15, -0.1) is 0 Å². The molecule has 17 heavy (non-hydrogen) atoms. The van der Waals surface area contributed by atoms with E-state index in [2.05, 4.69) is 13.8 Å². The highest BCUT2D eigenvalue weighted by Crippen LogP contribution is 2.41. The zero-order chi connectivity index (χ0) is 12.4. The summed E-state index contributed by atoms with van der Waals surface area (Å²) in [6.07, 6.45) is 8.93. The average Bonchev–Trinajstić information content (AvgIpc) is 2.40. The quantitative estimate of drug-likeness (QED) is 0.748. The number of ether oxygens (including phenoxy) is 1. The second kappa shape index (κ2) is 5.27. The molecule has 2 fully saturated rings. The third kappa shape index (κ3) is 3.96. The number of hydrogen-bond donors (Lipinski definition) is 1. The van der Waals surface area contributed by atoms with Gasteiger partial charge >= 0.3 is 0 Å². The number of aliphatic hydroxyl groups is 1. The lowest BCUT2D eigenvalue weighted by molar-refractivity contribution is -0.0233. The lowest BCUT2D eigenvalue weighted by Gasteiger charge is -2.33. The van der Waals surface area contributed by atoms with Gasteiger partial charge in [-0.25, -0.2) is 0 Å². The van der Waals surface area contributed by atoms with Crippen molar-refractivity contribution >= 4 is 0 Å². The monoisotopic (exact) mass is 240 g/mol. The molecule has 2 heteroatoms. The molecule has 100 valence electrons. The summed E-state index contributed by atoms with van der Waals surface area (Å²) in [5.74, 6) is 0.690. The van der Waals surface area contributed by atoms with E-state index in [0.29, 0.717) is 11.3 Å². The second-order valence-electron chi connectivity index (χ2n) is 7.00. The molecule has 1 heterocycles. The fraction of sp³-hybridized carbons (Fsp3) is 1.00. The molecule has 1 saturated heterocycles. The molecule has 1 saturated carbocycles. The Balaban J connectivity index is 1.89. The van der Waals surface area contributed by atoms with Crippen LogP contribution in [0.4, 0.5) is 0 Å². The second-order valence-corrected chi connectivity index (χ2v) is 7.00. The Hall–Kier alpha value is -0.0800. The van der Waals surface area contributed by atoms with Crippen molar-refractivity contribution in [2.45, 2.75) is 70.8 Å². The number of hydrogen-bond acceptors (Lipinski definition) is 2. The minimum absolute atomic E-state index is 0.379. The predicted octanol–water partition coefficient (Wildman–Crippen LogP) is 3.52. The van der Waals surface area contributed by atoms with Crippen molar-refractivity contribution < 1.29 is 9.84 Å². The summed E-state index contributed by atoms with van der Waals surface area (Å²) >= 11 is 0. The Morgan fingerprint density at radius 2 is 1.76 bits per heavy atom. The van der Waals surface area contributed by atoms with E-state index in [9.17, 15) is 5.11 Å². The van der Waals surface area contributed by atoms with E-state index in [1.807, 2.05) is 0 Å². The highest BCUT2D eigenvalue weighted by atomic mass is 16.5. The Kier molecular flexibility index (Phi) is 4.14. The molecule has 0 aromatic rings. The molecule has 2 nitrogen and oxygen atoms in total. The molecule has 1 atom stereocenters. The lowest BCUT2D eigenvalue weighted by Crippen LogP contribution is -2.33. The van der Waals surface area contributed by atoms with E-state index >= 15 is 0 Å². The van der Waals surface area contributed by atoms with Crippen LogP contribution in [0.5, 0.6) is 0 Å². The fourth-order valence-corrected chi connectivity index (χ4v) is 3.41. The van der Waals surface area contributed by atoms with E-state index in [4.69, 9.17) is 4.74 Å². The van der Waals surface area contributed by atoms with Crippen molar-refractivity contribution in [3.8, 4) is 0 Å². The standard InChI is InChI=1S/C15H28O2/c1-14(2)6-3-7-15(16,9-8-14)12-13-4-10-17-11-5-13/h13,16H,3-12H2,1-2H3. The Labute approximate surface area is 106 Å². The van der Waals surface area contributed by atoms with Gasteiger partial charge in [-0.1, -0.05) is 20.3 Å². The molecule has 1 aliphatic heterocycles. The zero-order valence-corrected chi connectivity index (χ0v) is 11.5. The minimum atomic E-state index is -0.379. The number of rotatable bonds is 2. The SMILES string of the molecule is CC1(C)CCCC(O)(CC2CCOCC2)CC1. The summed E-state index contributed by atoms with van der Waals surface area (Å²) in [6.45, 7) is 6.47. The molecular formula is C15H28O2. The molecule has 0 spiro atoms. The molecule has 0 aromatic heterocycles. The van der Waals surface area contributed by atoms with Gasteiger partial charge in [0.05, 0.1) is 5.60 Å². The van der Waals surface area contributed by atoms with E-state index in [0.717, 1.165) is 45.3 Å². The topological polar surface area (TPSA) is 29.5 Å². The molecule has 1 N–H and O–H groups in total. The fourth-order valence-electron chi connectivity index (χ4n) is 3.41. The summed E-state index contributed by atoms with van der Waals surface area (Å²) in [4.78, 5) is 0. The normalized spacial score (nSPS) is 35.5. The molecule has 0 amide bonds. The predicted molar refractivity (Wildman–Crippen MR) is 70.0 cm³/mol. The van der Waals surface area contributed by atoms with Crippen molar-refractivity contribution in [2.24, 2.45) is 11.3 Å². The first-order valence-electron chi connectivity index (χ1n) is 7.29. The Morgan fingerprint density at radius 1 is 1.06 bits per heavy atom. The van der Waals surface area contributed by atoms with Gasteiger partial charge in [0.15, 0.2) is 0 Å². The smallest absolute Gasteiger partial charge is 0.0650 e. The van der Waals surface area contributed by atoms with Gasteiger partial charge in [-0.3, -0.25) is 0 Å². The Morgan fingerprint density at radius 3 is 2.47 bits per heavy atom. The van der Waals surface area contributed by atoms with Crippen molar-refractivity contribution in [3.05, 3.63) is 0 Å². The molecular weight excluding hydrogens is 212 g/mol. The molecule has 2 rings (SSSR count). The largest absolute Gasteiger partial charge is 0.390 e. The Bertz CT molecular complexity index is 243. The molecule has 0 radical (unpaired) electrons. The first-order valence-corrected chi connectivity index (χ1v) is 7.29. The average molecular weight is 240 g/mol. The lowest BCUT2D eigenvalue weighted by atomic mass is 9.80. The summed E-state index contributed by atoms with van der Waals surface area (Å²) in [6, 6.07) is 0. The van der Waals surface area contributed by atoms with Crippen LogP contribution in [0.15, 0.2) is 0 Å². The van der Waals surface area contributed by atoms with Crippen LogP contribution in [0.2, 0.25) is 0 Å². The summed E-state index contributed by atoms with van der Waals surface area (Å²) in [5.41, 5.74) is 0.0515. The first-order chi connectivity index (χ1) is 7.99. The maximum atomic E-state index is 10.8. The van der Waals surface area contributed by atoms with E-state index in [-0.39, 0.29) is 5.60 Å². The summed E-state index contributed by atoms with van der Waals surface area (Å²) < 4.78 is 5.40. The van der Waals surface area contributed by atoms with Gasteiger partial charge in [-0.2, -0.15) is 0 Å². The van der Waals surface area contributed by atoms with Crippen molar-refractivity contribution in [1.29, 1.82) is 0 Å². The highest BCUT2D eigenvalue weighted by molar-refractivity contribution is 4.88. The van der Waals surface area contributed by atoms with Crippen LogP contribution in [0.3, 0.4) is 0 Å². The van der Waals surface area contributed by atoms with Gasteiger partial charge in [0, 0.05) is 13.2 Å². The molecule has 1 unspecified atom stereocenters. The van der Waals surface area contributed by atoms with E-state index in [1.54, 1.807) is 0 Å². The molecule has 1 aliphatic carbocycles. The maximum absolute atomic E-state index is 10.8. The minimum Gasteiger partial charge on any atom is -0.390 e. The molecule has 0 aromatic carbocycles. The van der Waals surface area contributed by atoms with Gasteiger partial charge in [-0.05, 0) is 56.3 Å². The third-order valence-electron chi connectivity index (χ3n) is 4.77. The van der Waals surface area contributed by atoms with E-state index in [1.165, 1.54) is 19.3 Å².